The molecule has 5 nitrogen and oxygen atoms in total. The van der Waals surface area contributed by atoms with Crippen molar-refractivity contribution in [3.63, 3.8) is 0 Å². The third kappa shape index (κ3) is 4.73. The SMILES string of the molecule is CC#CCN1C(=O)NC(CCCc2ccccc2)(C2CCN(C3Cc4ccccc4C3)CC2)C1=O. The van der Waals surface area contributed by atoms with Crippen molar-refractivity contribution in [3.8, 4) is 11.8 Å². The molecule has 0 radical (unpaired) electrons. The van der Waals surface area contributed by atoms with Crippen molar-refractivity contribution in [1.82, 2.24) is 15.1 Å². The lowest BCUT2D eigenvalue weighted by molar-refractivity contribution is -0.134. The molecule has 3 amide bonds. The zero-order chi connectivity index (χ0) is 24.3. The Bertz CT molecular complexity index is 1100. The fourth-order valence-electron chi connectivity index (χ4n) is 6.36. The lowest BCUT2D eigenvalue weighted by Crippen LogP contribution is -2.57. The number of aryl methyl sites for hydroxylation is 1. The number of nitrogens with zero attached hydrogens (tertiary/aromatic N) is 2. The van der Waals surface area contributed by atoms with Crippen molar-refractivity contribution < 1.29 is 9.59 Å². The van der Waals surface area contributed by atoms with Gasteiger partial charge in [0.1, 0.15) is 5.54 Å². The maximum atomic E-state index is 13.7. The minimum absolute atomic E-state index is 0.0787. The highest BCUT2D eigenvalue weighted by atomic mass is 16.2. The molecule has 2 aromatic rings. The molecule has 1 aliphatic carbocycles. The summed E-state index contributed by atoms with van der Waals surface area (Å²) in [6, 6.07) is 19.4. The second-order valence-corrected chi connectivity index (χ2v) is 10.2. The van der Waals surface area contributed by atoms with Gasteiger partial charge in [0.05, 0.1) is 6.54 Å². The van der Waals surface area contributed by atoms with Crippen LogP contribution in [0.4, 0.5) is 4.79 Å². The van der Waals surface area contributed by atoms with Gasteiger partial charge in [-0.2, -0.15) is 0 Å². The summed E-state index contributed by atoms with van der Waals surface area (Å²) in [5.74, 6) is 5.80. The first-order valence-electron chi connectivity index (χ1n) is 13.0. The fourth-order valence-corrected chi connectivity index (χ4v) is 6.36. The van der Waals surface area contributed by atoms with Crippen LogP contribution in [0.2, 0.25) is 0 Å². The number of piperidine rings is 1. The zero-order valence-electron chi connectivity index (χ0n) is 20.6. The number of carbonyl (C=O) groups excluding carboxylic acids is 2. The zero-order valence-corrected chi connectivity index (χ0v) is 20.6. The van der Waals surface area contributed by atoms with Crippen molar-refractivity contribution in [1.29, 1.82) is 0 Å². The summed E-state index contributed by atoms with van der Waals surface area (Å²) >= 11 is 0. The minimum atomic E-state index is -0.813. The van der Waals surface area contributed by atoms with E-state index in [9.17, 15) is 9.59 Å². The molecule has 0 spiro atoms. The summed E-state index contributed by atoms with van der Waals surface area (Å²) in [7, 11) is 0. The molecule has 5 heteroatoms. The number of amides is 3. The Labute approximate surface area is 208 Å². The quantitative estimate of drug-likeness (QED) is 0.488. The second-order valence-electron chi connectivity index (χ2n) is 10.2. The molecule has 1 unspecified atom stereocenters. The molecule has 35 heavy (non-hydrogen) atoms. The number of urea groups is 1. The van der Waals surface area contributed by atoms with Crippen LogP contribution in [0.5, 0.6) is 0 Å². The predicted molar refractivity (Wildman–Crippen MR) is 138 cm³/mol. The second kappa shape index (κ2) is 10.3. The van der Waals surface area contributed by atoms with Gasteiger partial charge in [-0.3, -0.25) is 14.6 Å². The number of imide groups is 1. The average molecular weight is 470 g/mol. The van der Waals surface area contributed by atoms with Crippen molar-refractivity contribution in [2.75, 3.05) is 19.6 Å². The number of hydrogen-bond donors (Lipinski definition) is 1. The summed E-state index contributed by atoms with van der Waals surface area (Å²) < 4.78 is 0. The number of hydrogen-bond acceptors (Lipinski definition) is 3. The molecule has 2 fully saturated rings. The molecule has 3 aliphatic rings. The Morgan fingerprint density at radius 2 is 1.63 bits per heavy atom. The molecule has 2 aromatic carbocycles. The standard InChI is InChI=1S/C30H35N3O2/c1-2-3-18-33-28(34)30(31-29(33)35,17-9-12-23-10-5-4-6-11-23)26-15-19-32(20-16-26)27-21-24-13-7-8-14-25(24)22-27/h4-8,10-11,13-14,26-27H,9,12,15-22H2,1H3,(H,31,35). The number of benzene rings is 2. The van der Waals surface area contributed by atoms with E-state index in [1.165, 1.54) is 21.6 Å². The van der Waals surface area contributed by atoms with Crippen LogP contribution < -0.4 is 5.32 Å². The summed E-state index contributed by atoms with van der Waals surface area (Å²) in [6.07, 6.45) is 6.52. The molecule has 182 valence electrons. The Balaban J connectivity index is 1.28. The van der Waals surface area contributed by atoms with Gasteiger partial charge in [-0.15, -0.1) is 5.92 Å². The first-order chi connectivity index (χ1) is 17.1. The largest absolute Gasteiger partial charge is 0.325 e. The molecular weight excluding hydrogens is 434 g/mol. The topological polar surface area (TPSA) is 52.7 Å². The molecule has 5 rings (SSSR count). The van der Waals surface area contributed by atoms with Crippen molar-refractivity contribution in [2.24, 2.45) is 5.92 Å². The van der Waals surface area contributed by atoms with Crippen LogP contribution in [-0.4, -0.2) is 53.0 Å². The Kier molecular flexibility index (Phi) is 6.92. The lowest BCUT2D eigenvalue weighted by Gasteiger charge is -2.42. The van der Waals surface area contributed by atoms with E-state index in [1.807, 2.05) is 6.07 Å². The lowest BCUT2D eigenvalue weighted by atomic mass is 9.74. The molecule has 2 saturated heterocycles. The van der Waals surface area contributed by atoms with Crippen LogP contribution in [0.3, 0.4) is 0 Å². The highest BCUT2D eigenvalue weighted by molar-refractivity contribution is 6.07. The van der Waals surface area contributed by atoms with E-state index in [0.29, 0.717) is 12.5 Å². The van der Waals surface area contributed by atoms with E-state index in [4.69, 9.17) is 0 Å². The fraction of sp³-hybridized carbons (Fsp3) is 0.467. The van der Waals surface area contributed by atoms with Gasteiger partial charge in [-0.05, 0) is 87.6 Å². The van der Waals surface area contributed by atoms with Crippen LogP contribution >= 0.6 is 0 Å². The van der Waals surface area contributed by atoms with Gasteiger partial charge in [-0.1, -0.05) is 60.5 Å². The van der Waals surface area contributed by atoms with Gasteiger partial charge in [0.15, 0.2) is 0 Å². The van der Waals surface area contributed by atoms with E-state index in [1.54, 1.807) is 6.92 Å². The maximum absolute atomic E-state index is 13.7. The minimum Gasteiger partial charge on any atom is -0.323 e. The third-order valence-electron chi connectivity index (χ3n) is 8.27. The molecule has 0 saturated carbocycles. The van der Waals surface area contributed by atoms with Crippen LogP contribution in [-0.2, 0) is 24.1 Å². The highest BCUT2D eigenvalue weighted by Gasteiger charge is 2.55. The molecule has 0 aromatic heterocycles. The smallest absolute Gasteiger partial charge is 0.323 e. The van der Waals surface area contributed by atoms with Gasteiger partial charge in [0.2, 0.25) is 0 Å². The molecule has 2 aliphatic heterocycles. The van der Waals surface area contributed by atoms with E-state index < -0.39 is 5.54 Å². The Morgan fingerprint density at radius 3 is 2.29 bits per heavy atom. The van der Waals surface area contributed by atoms with Gasteiger partial charge in [-0.25, -0.2) is 4.79 Å². The number of likely N-dealkylation sites (tertiary alicyclic amines) is 1. The van der Waals surface area contributed by atoms with E-state index in [2.05, 4.69) is 70.6 Å². The monoisotopic (exact) mass is 469 g/mol. The van der Waals surface area contributed by atoms with Gasteiger partial charge >= 0.3 is 6.03 Å². The van der Waals surface area contributed by atoms with Crippen LogP contribution in [0.15, 0.2) is 54.6 Å². The predicted octanol–water partition coefficient (Wildman–Crippen LogP) is 4.20. The first kappa shape index (κ1) is 23.6. The molecule has 1 atom stereocenters. The van der Waals surface area contributed by atoms with Gasteiger partial charge in [0, 0.05) is 6.04 Å². The Hall–Kier alpha value is -3.10. The van der Waals surface area contributed by atoms with Crippen LogP contribution in [0.25, 0.3) is 0 Å². The van der Waals surface area contributed by atoms with Gasteiger partial charge in [0.25, 0.3) is 5.91 Å². The van der Waals surface area contributed by atoms with Crippen molar-refractivity contribution >= 4 is 11.9 Å². The molecule has 1 N–H and O–H groups in total. The first-order valence-corrected chi connectivity index (χ1v) is 13.0. The molecular formula is C30H35N3O2. The summed E-state index contributed by atoms with van der Waals surface area (Å²) in [6.45, 7) is 3.85. The van der Waals surface area contributed by atoms with Crippen molar-refractivity contribution in [2.45, 2.75) is 63.5 Å². The normalized spacial score (nSPS) is 23.2. The summed E-state index contributed by atoms with van der Waals surface area (Å²) in [4.78, 5) is 30.6. The summed E-state index contributed by atoms with van der Waals surface area (Å²) in [5, 5.41) is 3.18. The van der Waals surface area contributed by atoms with E-state index >= 15 is 0 Å². The van der Waals surface area contributed by atoms with Gasteiger partial charge < -0.3 is 5.32 Å². The van der Waals surface area contributed by atoms with Crippen LogP contribution in [0.1, 0.15) is 49.3 Å². The number of nitrogens with one attached hydrogen (secondary N) is 1. The third-order valence-corrected chi connectivity index (χ3v) is 8.27. The average Bonchev–Trinajstić information content (AvgIpc) is 3.43. The molecule has 0 bridgehead atoms. The summed E-state index contributed by atoms with van der Waals surface area (Å²) in [5.41, 5.74) is 3.40. The van der Waals surface area contributed by atoms with E-state index in [-0.39, 0.29) is 24.4 Å². The number of rotatable bonds is 7. The highest BCUT2D eigenvalue weighted by Crippen LogP contribution is 2.39. The Morgan fingerprint density at radius 1 is 0.971 bits per heavy atom. The maximum Gasteiger partial charge on any atom is 0.325 e. The number of carbonyl (C=O) groups is 2. The number of fused-ring (bicyclic) bond motifs is 1. The van der Waals surface area contributed by atoms with Crippen molar-refractivity contribution in [3.05, 3.63) is 71.3 Å². The van der Waals surface area contributed by atoms with E-state index in [0.717, 1.165) is 51.6 Å². The molecule has 2 heterocycles. The van der Waals surface area contributed by atoms with Crippen LogP contribution in [0, 0.1) is 17.8 Å².